The van der Waals surface area contributed by atoms with Crippen LogP contribution < -0.4 is 0 Å². The van der Waals surface area contributed by atoms with Gasteiger partial charge in [-0.15, -0.1) is 34.9 Å². The van der Waals surface area contributed by atoms with Crippen molar-refractivity contribution in [2.24, 2.45) is 0 Å². The van der Waals surface area contributed by atoms with Gasteiger partial charge in [0.05, 0.1) is 4.08 Å². The largest absolute Gasteiger partial charge is 0.481 e. The molecule has 0 spiro atoms. The first kappa shape index (κ1) is 11.4. The Labute approximate surface area is 101 Å². The van der Waals surface area contributed by atoms with Crippen molar-refractivity contribution in [1.29, 1.82) is 0 Å². The van der Waals surface area contributed by atoms with Gasteiger partial charge in [0.1, 0.15) is 0 Å². The molecule has 0 atom stereocenters. The average Bonchev–Trinajstić information content (AvgIpc) is 2.86. The van der Waals surface area contributed by atoms with Gasteiger partial charge in [-0.2, -0.15) is 0 Å². The van der Waals surface area contributed by atoms with E-state index in [-0.39, 0.29) is 10.5 Å². The summed E-state index contributed by atoms with van der Waals surface area (Å²) in [7, 11) is 0. The highest BCUT2D eigenvalue weighted by atomic mass is 32.2. The van der Waals surface area contributed by atoms with E-state index in [2.05, 4.69) is 11.4 Å². The predicted molar refractivity (Wildman–Crippen MR) is 67.8 cm³/mol. The number of aliphatic carboxylic acids is 1. The Morgan fingerprint density at radius 2 is 2.20 bits per heavy atom. The lowest BCUT2D eigenvalue weighted by atomic mass is 10.2. The molecule has 0 aromatic carbocycles. The second-order valence-electron chi connectivity index (χ2n) is 3.32. The SMILES string of the molecule is O=C(O)CCC1(c2cccs2)SCCS1. The number of rotatable bonds is 4. The minimum Gasteiger partial charge on any atom is -0.481 e. The fourth-order valence-corrected chi connectivity index (χ4v) is 6.09. The van der Waals surface area contributed by atoms with Crippen LogP contribution in [0.15, 0.2) is 17.5 Å². The maximum absolute atomic E-state index is 10.7. The van der Waals surface area contributed by atoms with Crippen molar-refractivity contribution in [1.82, 2.24) is 0 Å². The van der Waals surface area contributed by atoms with Gasteiger partial charge in [0.2, 0.25) is 0 Å². The van der Waals surface area contributed by atoms with E-state index in [1.165, 1.54) is 4.88 Å². The van der Waals surface area contributed by atoms with Crippen LogP contribution in [0.2, 0.25) is 0 Å². The summed E-state index contributed by atoms with van der Waals surface area (Å²) >= 11 is 5.54. The van der Waals surface area contributed by atoms with Gasteiger partial charge in [0.15, 0.2) is 0 Å². The van der Waals surface area contributed by atoms with Crippen LogP contribution in [0.5, 0.6) is 0 Å². The van der Waals surface area contributed by atoms with E-state index in [0.717, 1.165) is 17.9 Å². The lowest BCUT2D eigenvalue weighted by Crippen LogP contribution is -2.14. The molecule has 1 aliphatic rings. The summed E-state index contributed by atoms with van der Waals surface area (Å²) in [6, 6.07) is 4.17. The Bertz CT molecular complexity index is 328. The summed E-state index contributed by atoms with van der Waals surface area (Å²) in [5.74, 6) is 1.56. The Morgan fingerprint density at radius 3 is 2.73 bits per heavy atom. The maximum atomic E-state index is 10.7. The van der Waals surface area contributed by atoms with Crippen molar-refractivity contribution < 1.29 is 9.90 Å². The van der Waals surface area contributed by atoms with E-state index in [1.807, 2.05) is 29.6 Å². The van der Waals surface area contributed by atoms with Gasteiger partial charge in [0.25, 0.3) is 0 Å². The van der Waals surface area contributed by atoms with Crippen LogP contribution in [0.4, 0.5) is 0 Å². The fraction of sp³-hybridized carbons (Fsp3) is 0.500. The summed E-state index contributed by atoms with van der Waals surface area (Å²) < 4.78 is 0.0204. The van der Waals surface area contributed by atoms with Crippen LogP contribution in [-0.2, 0) is 8.87 Å². The van der Waals surface area contributed by atoms with Gasteiger partial charge in [-0.05, 0) is 17.9 Å². The topological polar surface area (TPSA) is 37.3 Å². The molecular formula is C10H12O2S3. The molecule has 0 radical (unpaired) electrons. The summed E-state index contributed by atoms with van der Waals surface area (Å²) in [6.07, 6.45) is 0.996. The summed E-state index contributed by atoms with van der Waals surface area (Å²) in [5, 5.41) is 10.8. The number of hydrogen-bond donors (Lipinski definition) is 1. The molecule has 1 aromatic rings. The number of carbonyl (C=O) groups is 1. The molecule has 0 amide bonds. The molecule has 0 bridgehead atoms. The zero-order valence-electron chi connectivity index (χ0n) is 8.14. The normalized spacial score (nSPS) is 19.2. The number of carboxylic acids is 1. The Morgan fingerprint density at radius 1 is 1.47 bits per heavy atom. The molecule has 0 saturated carbocycles. The molecule has 82 valence electrons. The molecule has 5 heteroatoms. The monoisotopic (exact) mass is 260 g/mol. The van der Waals surface area contributed by atoms with Crippen LogP contribution in [-0.4, -0.2) is 22.6 Å². The van der Waals surface area contributed by atoms with E-state index < -0.39 is 5.97 Å². The van der Waals surface area contributed by atoms with Crippen molar-refractivity contribution in [3.05, 3.63) is 22.4 Å². The minimum absolute atomic E-state index is 0.0204. The highest BCUT2D eigenvalue weighted by molar-refractivity contribution is 8.20. The van der Waals surface area contributed by atoms with E-state index in [1.54, 1.807) is 11.3 Å². The molecule has 15 heavy (non-hydrogen) atoms. The number of carboxylic acid groups (broad SMARTS) is 1. The molecule has 1 aliphatic heterocycles. The number of thiophene rings is 1. The summed E-state index contributed by atoms with van der Waals surface area (Å²) in [5.41, 5.74) is 0. The summed E-state index contributed by atoms with van der Waals surface area (Å²) in [4.78, 5) is 12.0. The zero-order chi connectivity index (χ0) is 10.7. The third kappa shape index (κ3) is 2.52. The van der Waals surface area contributed by atoms with Crippen molar-refractivity contribution in [2.45, 2.75) is 16.9 Å². The van der Waals surface area contributed by atoms with E-state index in [9.17, 15) is 4.79 Å². The van der Waals surface area contributed by atoms with Crippen LogP contribution in [0.3, 0.4) is 0 Å². The highest BCUT2D eigenvalue weighted by Crippen LogP contribution is 2.55. The smallest absolute Gasteiger partial charge is 0.303 e. The van der Waals surface area contributed by atoms with Crippen molar-refractivity contribution >= 4 is 40.8 Å². The Kier molecular flexibility index (Phi) is 3.64. The first-order chi connectivity index (χ1) is 7.23. The standard InChI is InChI=1S/C10H12O2S3/c11-9(12)3-4-10(14-6-7-15-10)8-2-1-5-13-8/h1-2,5H,3-4,6-7H2,(H,11,12). The average molecular weight is 260 g/mol. The van der Waals surface area contributed by atoms with Gasteiger partial charge < -0.3 is 5.11 Å². The van der Waals surface area contributed by atoms with Gasteiger partial charge >= 0.3 is 5.97 Å². The number of hydrogen-bond acceptors (Lipinski definition) is 4. The van der Waals surface area contributed by atoms with Crippen LogP contribution in [0.25, 0.3) is 0 Å². The third-order valence-corrected chi connectivity index (χ3v) is 7.17. The molecule has 0 unspecified atom stereocenters. The van der Waals surface area contributed by atoms with Gasteiger partial charge in [-0.1, -0.05) is 6.07 Å². The van der Waals surface area contributed by atoms with E-state index in [0.29, 0.717) is 0 Å². The molecule has 0 aliphatic carbocycles. The van der Waals surface area contributed by atoms with Crippen LogP contribution >= 0.6 is 34.9 Å². The van der Waals surface area contributed by atoms with Crippen LogP contribution in [0, 0.1) is 0 Å². The van der Waals surface area contributed by atoms with E-state index >= 15 is 0 Å². The molecule has 2 rings (SSSR count). The lowest BCUT2D eigenvalue weighted by Gasteiger charge is -2.25. The molecule has 1 aromatic heterocycles. The van der Waals surface area contributed by atoms with Gasteiger partial charge in [-0.3, -0.25) is 4.79 Å². The fourth-order valence-electron chi connectivity index (χ4n) is 1.63. The second kappa shape index (κ2) is 4.80. The van der Waals surface area contributed by atoms with Crippen molar-refractivity contribution in [3.63, 3.8) is 0 Å². The molecule has 1 fully saturated rings. The second-order valence-corrected chi connectivity index (χ2v) is 7.31. The molecule has 1 N–H and O–H groups in total. The van der Waals surface area contributed by atoms with Crippen LogP contribution in [0.1, 0.15) is 17.7 Å². The molecule has 1 saturated heterocycles. The minimum atomic E-state index is -0.695. The third-order valence-electron chi connectivity index (χ3n) is 2.32. The van der Waals surface area contributed by atoms with Crippen molar-refractivity contribution in [2.75, 3.05) is 11.5 Å². The molecule has 2 heterocycles. The maximum Gasteiger partial charge on any atom is 0.303 e. The Balaban J connectivity index is 2.14. The van der Waals surface area contributed by atoms with Crippen molar-refractivity contribution in [3.8, 4) is 0 Å². The lowest BCUT2D eigenvalue weighted by molar-refractivity contribution is -0.137. The quantitative estimate of drug-likeness (QED) is 0.901. The molecule has 2 nitrogen and oxygen atoms in total. The summed E-state index contributed by atoms with van der Waals surface area (Å²) in [6.45, 7) is 0. The van der Waals surface area contributed by atoms with Gasteiger partial charge in [-0.25, -0.2) is 0 Å². The van der Waals surface area contributed by atoms with Gasteiger partial charge in [0, 0.05) is 22.8 Å². The first-order valence-corrected chi connectivity index (χ1v) is 7.62. The first-order valence-electron chi connectivity index (χ1n) is 4.77. The zero-order valence-corrected chi connectivity index (χ0v) is 10.6. The van der Waals surface area contributed by atoms with E-state index in [4.69, 9.17) is 5.11 Å². The predicted octanol–water partition coefficient (Wildman–Crippen LogP) is 3.25. The Hall–Kier alpha value is -0.130. The number of thioether (sulfide) groups is 2. The highest BCUT2D eigenvalue weighted by Gasteiger charge is 2.38. The molecular weight excluding hydrogens is 248 g/mol.